The van der Waals surface area contributed by atoms with Gasteiger partial charge in [-0.25, -0.2) is 0 Å². The summed E-state index contributed by atoms with van der Waals surface area (Å²) in [4.78, 5) is 0. The fourth-order valence-electron chi connectivity index (χ4n) is 2.60. The minimum Gasteiger partial charge on any atom is -0.314 e. The van der Waals surface area contributed by atoms with E-state index in [1.165, 1.54) is 51.5 Å². The SMILES string of the molecule is CC1CCCC(/C=C/CCNC2CC2)C1. The topological polar surface area (TPSA) is 12.0 Å². The van der Waals surface area contributed by atoms with E-state index < -0.39 is 0 Å². The summed E-state index contributed by atoms with van der Waals surface area (Å²) in [5, 5.41) is 3.55. The van der Waals surface area contributed by atoms with Gasteiger partial charge in [-0.1, -0.05) is 31.9 Å². The van der Waals surface area contributed by atoms with Gasteiger partial charge < -0.3 is 5.32 Å². The van der Waals surface area contributed by atoms with E-state index in [-0.39, 0.29) is 0 Å². The quantitative estimate of drug-likeness (QED) is 0.537. The van der Waals surface area contributed by atoms with Gasteiger partial charge in [-0.3, -0.25) is 0 Å². The number of nitrogens with one attached hydrogen (secondary N) is 1. The van der Waals surface area contributed by atoms with Gasteiger partial charge >= 0.3 is 0 Å². The molecule has 0 spiro atoms. The van der Waals surface area contributed by atoms with E-state index in [1.54, 1.807) is 0 Å². The van der Waals surface area contributed by atoms with Gasteiger partial charge in [0.25, 0.3) is 0 Å². The molecule has 2 aliphatic rings. The first-order valence-corrected chi connectivity index (χ1v) is 6.74. The van der Waals surface area contributed by atoms with Crippen LogP contribution in [-0.4, -0.2) is 12.6 Å². The highest BCUT2D eigenvalue weighted by atomic mass is 14.9. The van der Waals surface area contributed by atoms with Crippen molar-refractivity contribution in [2.75, 3.05) is 6.54 Å². The molecule has 15 heavy (non-hydrogen) atoms. The fraction of sp³-hybridized carbons (Fsp3) is 0.857. The van der Waals surface area contributed by atoms with Crippen LogP contribution in [0.5, 0.6) is 0 Å². The molecule has 1 heteroatoms. The second-order valence-electron chi connectivity index (χ2n) is 5.48. The molecule has 0 aromatic heterocycles. The van der Waals surface area contributed by atoms with Crippen LogP contribution in [0.1, 0.15) is 51.9 Å². The summed E-state index contributed by atoms with van der Waals surface area (Å²) in [6, 6.07) is 0.869. The van der Waals surface area contributed by atoms with Gasteiger partial charge in [-0.05, 0) is 50.5 Å². The number of allylic oxidation sites excluding steroid dienone is 1. The predicted molar refractivity (Wildman–Crippen MR) is 65.9 cm³/mol. The highest BCUT2D eigenvalue weighted by Gasteiger charge is 2.19. The third kappa shape index (κ3) is 4.38. The summed E-state index contributed by atoms with van der Waals surface area (Å²) in [6.07, 6.45) is 14.7. The molecule has 0 aliphatic heterocycles. The van der Waals surface area contributed by atoms with E-state index in [2.05, 4.69) is 24.4 Å². The van der Waals surface area contributed by atoms with Crippen LogP contribution >= 0.6 is 0 Å². The van der Waals surface area contributed by atoms with E-state index in [9.17, 15) is 0 Å². The molecule has 86 valence electrons. The molecule has 1 nitrogen and oxygen atoms in total. The smallest absolute Gasteiger partial charge is 0.00683 e. The maximum atomic E-state index is 3.55. The van der Waals surface area contributed by atoms with E-state index in [1.807, 2.05) is 0 Å². The van der Waals surface area contributed by atoms with Gasteiger partial charge in [0.15, 0.2) is 0 Å². The van der Waals surface area contributed by atoms with Crippen molar-refractivity contribution < 1.29 is 0 Å². The van der Waals surface area contributed by atoms with E-state index in [4.69, 9.17) is 0 Å². The minimum absolute atomic E-state index is 0.869. The Balaban J connectivity index is 1.55. The van der Waals surface area contributed by atoms with Crippen LogP contribution in [-0.2, 0) is 0 Å². The number of rotatable bonds is 5. The molecule has 1 N–H and O–H groups in total. The van der Waals surface area contributed by atoms with E-state index >= 15 is 0 Å². The van der Waals surface area contributed by atoms with Crippen LogP contribution in [0.2, 0.25) is 0 Å². The molecule has 2 atom stereocenters. The van der Waals surface area contributed by atoms with Gasteiger partial charge in [0.1, 0.15) is 0 Å². The largest absolute Gasteiger partial charge is 0.314 e. The summed E-state index contributed by atoms with van der Waals surface area (Å²) < 4.78 is 0. The summed E-state index contributed by atoms with van der Waals surface area (Å²) in [5.74, 6) is 1.84. The van der Waals surface area contributed by atoms with Crippen molar-refractivity contribution in [2.24, 2.45) is 11.8 Å². The summed E-state index contributed by atoms with van der Waals surface area (Å²) >= 11 is 0. The maximum Gasteiger partial charge on any atom is 0.00683 e. The Kier molecular flexibility index (Phi) is 4.25. The van der Waals surface area contributed by atoms with Gasteiger partial charge in [-0.2, -0.15) is 0 Å². The Bertz CT molecular complexity index is 205. The Morgan fingerprint density at radius 1 is 1.20 bits per heavy atom. The van der Waals surface area contributed by atoms with E-state index in [0.29, 0.717) is 0 Å². The van der Waals surface area contributed by atoms with Crippen LogP contribution in [0.4, 0.5) is 0 Å². The second-order valence-corrected chi connectivity index (χ2v) is 5.48. The summed E-state index contributed by atoms with van der Waals surface area (Å²) in [7, 11) is 0. The highest BCUT2D eigenvalue weighted by Crippen LogP contribution is 2.29. The van der Waals surface area contributed by atoms with Crippen molar-refractivity contribution in [3.63, 3.8) is 0 Å². The molecular formula is C14H25N. The Labute approximate surface area is 94.3 Å². The minimum atomic E-state index is 0.869. The number of hydrogen-bond acceptors (Lipinski definition) is 1. The molecule has 0 amide bonds. The molecule has 0 saturated heterocycles. The van der Waals surface area contributed by atoms with Crippen LogP contribution < -0.4 is 5.32 Å². The lowest BCUT2D eigenvalue weighted by molar-refractivity contribution is 0.325. The van der Waals surface area contributed by atoms with Crippen LogP contribution in [0.3, 0.4) is 0 Å². The van der Waals surface area contributed by atoms with Crippen molar-refractivity contribution in [3.05, 3.63) is 12.2 Å². The van der Waals surface area contributed by atoms with Crippen molar-refractivity contribution in [2.45, 2.75) is 57.9 Å². The molecule has 0 aromatic rings. The van der Waals surface area contributed by atoms with Crippen LogP contribution in [0, 0.1) is 11.8 Å². The Hall–Kier alpha value is -0.300. The monoisotopic (exact) mass is 207 g/mol. The predicted octanol–water partition coefficient (Wildman–Crippen LogP) is 3.51. The average molecular weight is 207 g/mol. The normalized spacial score (nSPS) is 32.3. The first-order valence-electron chi connectivity index (χ1n) is 6.74. The van der Waals surface area contributed by atoms with Crippen LogP contribution in [0.25, 0.3) is 0 Å². The first kappa shape index (κ1) is 11.2. The Morgan fingerprint density at radius 2 is 2.07 bits per heavy atom. The lowest BCUT2D eigenvalue weighted by atomic mass is 9.82. The molecule has 2 saturated carbocycles. The van der Waals surface area contributed by atoms with Crippen molar-refractivity contribution in [3.8, 4) is 0 Å². The van der Waals surface area contributed by atoms with Gasteiger partial charge in [0.2, 0.25) is 0 Å². The van der Waals surface area contributed by atoms with E-state index in [0.717, 1.165) is 17.9 Å². The summed E-state index contributed by atoms with van der Waals surface area (Å²) in [6.45, 7) is 3.58. The number of hydrogen-bond donors (Lipinski definition) is 1. The molecule has 0 aromatic carbocycles. The van der Waals surface area contributed by atoms with Crippen molar-refractivity contribution >= 4 is 0 Å². The molecule has 0 heterocycles. The standard InChI is InChI=1S/C14H25N/c1-12-5-4-7-13(11-12)6-2-3-10-15-14-8-9-14/h2,6,12-15H,3-5,7-11H2,1H3/b6-2+. The zero-order chi connectivity index (χ0) is 10.5. The van der Waals surface area contributed by atoms with Gasteiger partial charge in [0, 0.05) is 6.04 Å². The second kappa shape index (κ2) is 5.69. The fourth-order valence-corrected chi connectivity index (χ4v) is 2.60. The third-order valence-corrected chi connectivity index (χ3v) is 3.71. The molecule has 2 fully saturated rings. The zero-order valence-corrected chi connectivity index (χ0v) is 10.0. The van der Waals surface area contributed by atoms with Crippen molar-refractivity contribution in [1.82, 2.24) is 5.32 Å². The van der Waals surface area contributed by atoms with Gasteiger partial charge in [-0.15, -0.1) is 0 Å². The van der Waals surface area contributed by atoms with Gasteiger partial charge in [0.05, 0.1) is 0 Å². The lowest BCUT2D eigenvalue weighted by Crippen LogP contribution is -2.16. The van der Waals surface area contributed by atoms with Crippen LogP contribution in [0.15, 0.2) is 12.2 Å². The molecule has 2 aliphatic carbocycles. The third-order valence-electron chi connectivity index (χ3n) is 3.71. The maximum absolute atomic E-state index is 3.55. The molecule has 2 unspecified atom stereocenters. The Morgan fingerprint density at radius 3 is 2.80 bits per heavy atom. The van der Waals surface area contributed by atoms with Crippen molar-refractivity contribution in [1.29, 1.82) is 0 Å². The molecular weight excluding hydrogens is 182 g/mol. The molecule has 0 bridgehead atoms. The molecule has 2 rings (SSSR count). The average Bonchev–Trinajstić information content (AvgIpc) is 3.01. The lowest BCUT2D eigenvalue weighted by Gasteiger charge is -2.24. The first-order chi connectivity index (χ1) is 7.34. The zero-order valence-electron chi connectivity index (χ0n) is 10.0. The molecule has 0 radical (unpaired) electrons. The highest BCUT2D eigenvalue weighted by molar-refractivity contribution is 4.92. The summed E-state index contributed by atoms with van der Waals surface area (Å²) in [5.41, 5.74) is 0.